The zero-order chi connectivity index (χ0) is 18.6. The number of nitrogens with one attached hydrogen (secondary N) is 1. The van der Waals surface area contributed by atoms with Crippen molar-refractivity contribution in [3.63, 3.8) is 0 Å². The molecule has 1 aromatic carbocycles. The van der Waals surface area contributed by atoms with E-state index in [1.54, 1.807) is 12.1 Å². The molecule has 7 nitrogen and oxygen atoms in total. The molecule has 0 fully saturated rings. The molecule has 0 aliphatic rings. The molecule has 0 bridgehead atoms. The number of hydrogen-bond acceptors (Lipinski definition) is 6. The van der Waals surface area contributed by atoms with Crippen molar-refractivity contribution in [2.75, 3.05) is 0 Å². The number of nitro benzene ring substituents is 1. The summed E-state index contributed by atoms with van der Waals surface area (Å²) in [7, 11) is 0. The zero-order valence-corrected chi connectivity index (χ0v) is 15.1. The molecule has 9 heteroatoms. The minimum Gasteiger partial charge on any atom is -0.477 e. The highest BCUT2D eigenvalue weighted by atomic mass is 32.2. The van der Waals surface area contributed by atoms with E-state index in [9.17, 15) is 19.7 Å². The molecule has 0 radical (unpaired) electrons. The summed E-state index contributed by atoms with van der Waals surface area (Å²) in [5, 5.41) is 22.8. The summed E-state index contributed by atoms with van der Waals surface area (Å²) in [5.74, 6) is -1.45. The highest BCUT2D eigenvalue weighted by Crippen LogP contribution is 2.29. The first-order valence-electron chi connectivity index (χ1n) is 7.33. The zero-order valence-electron chi connectivity index (χ0n) is 13.5. The molecule has 2 N–H and O–H groups in total. The van der Waals surface area contributed by atoms with Crippen LogP contribution in [0.5, 0.6) is 0 Å². The van der Waals surface area contributed by atoms with E-state index in [0.717, 1.165) is 11.3 Å². The van der Waals surface area contributed by atoms with E-state index in [2.05, 4.69) is 5.32 Å². The number of nitro groups is 1. The predicted octanol–water partition coefficient (Wildman–Crippen LogP) is 3.79. The molecule has 0 unspecified atom stereocenters. The summed E-state index contributed by atoms with van der Waals surface area (Å²) >= 11 is 2.52. The van der Waals surface area contributed by atoms with Gasteiger partial charge in [-0.05, 0) is 18.2 Å². The van der Waals surface area contributed by atoms with E-state index in [4.69, 9.17) is 5.11 Å². The van der Waals surface area contributed by atoms with Gasteiger partial charge in [0.1, 0.15) is 4.88 Å². The van der Waals surface area contributed by atoms with Crippen LogP contribution in [0, 0.1) is 10.1 Å². The Hall–Kier alpha value is -2.39. The fourth-order valence-corrected chi connectivity index (χ4v) is 3.74. The molecule has 0 aliphatic carbocycles. The normalized spacial score (nSPS) is 10.7. The molecule has 2 aromatic rings. The van der Waals surface area contributed by atoms with Gasteiger partial charge in [0.05, 0.1) is 17.0 Å². The Bertz CT molecular complexity index is 817. The van der Waals surface area contributed by atoms with E-state index in [1.807, 2.05) is 13.8 Å². The van der Waals surface area contributed by atoms with Crippen LogP contribution in [0.2, 0.25) is 0 Å². The van der Waals surface area contributed by atoms with E-state index in [0.29, 0.717) is 9.77 Å². The number of amides is 1. The Balaban J connectivity index is 2.19. The summed E-state index contributed by atoms with van der Waals surface area (Å²) in [4.78, 5) is 35.3. The summed E-state index contributed by atoms with van der Waals surface area (Å²) in [6.07, 6.45) is 0. The van der Waals surface area contributed by atoms with E-state index < -0.39 is 16.8 Å². The number of nitrogens with zero attached hydrogens (tertiary/aromatic N) is 1. The van der Waals surface area contributed by atoms with Crippen LogP contribution in [0.25, 0.3) is 0 Å². The molecule has 0 spiro atoms. The van der Waals surface area contributed by atoms with Crippen LogP contribution in [0.4, 0.5) is 5.69 Å². The lowest BCUT2D eigenvalue weighted by Crippen LogP contribution is -2.23. The van der Waals surface area contributed by atoms with Gasteiger partial charge < -0.3 is 10.4 Å². The smallest absolute Gasteiger partial charge is 0.345 e. The van der Waals surface area contributed by atoms with Crippen molar-refractivity contribution in [1.82, 2.24) is 5.32 Å². The number of thioether (sulfide) groups is 1. The molecule has 1 heterocycles. The first-order chi connectivity index (χ1) is 11.8. The van der Waals surface area contributed by atoms with Gasteiger partial charge in [0.2, 0.25) is 0 Å². The lowest BCUT2D eigenvalue weighted by atomic mass is 10.2. The van der Waals surface area contributed by atoms with Crippen molar-refractivity contribution < 1.29 is 19.6 Å². The number of hydrogen-bond donors (Lipinski definition) is 2. The second-order valence-electron chi connectivity index (χ2n) is 5.36. The van der Waals surface area contributed by atoms with Gasteiger partial charge in [-0.2, -0.15) is 0 Å². The van der Waals surface area contributed by atoms with Crippen LogP contribution >= 0.6 is 23.1 Å². The average molecular weight is 380 g/mol. The Kier molecular flexibility index (Phi) is 6.16. The Morgan fingerprint density at radius 1 is 1.32 bits per heavy atom. The highest BCUT2D eigenvalue weighted by molar-refractivity contribution is 8.00. The highest BCUT2D eigenvalue weighted by Gasteiger charge is 2.18. The Labute approximate surface area is 152 Å². The van der Waals surface area contributed by atoms with E-state index >= 15 is 0 Å². The molecule has 0 aliphatic heterocycles. The third-order valence-electron chi connectivity index (χ3n) is 3.08. The third-order valence-corrected chi connectivity index (χ3v) is 5.23. The van der Waals surface area contributed by atoms with Gasteiger partial charge in [0, 0.05) is 27.2 Å². The maximum atomic E-state index is 12.5. The maximum absolute atomic E-state index is 12.5. The maximum Gasteiger partial charge on any atom is 0.345 e. The first kappa shape index (κ1) is 18.9. The number of carboxylic acids is 1. The van der Waals surface area contributed by atoms with Crippen LogP contribution in [0.3, 0.4) is 0 Å². The van der Waals surface area contributed by atoms with E-state index in [1.165, 1.54) is 30.0 Å². The van der Waals surface area contributed by atoms with Gasteiger partial charge in [0.15, 0.2) is 0 Å². The number of benzene rings is 1. The van der Waals surface area contributed by atoms with Crippen molar-refractivity contribution >= 4 is 40.7 Å². The fourth-order valence-electron chi connectivity index (χ4n) is 2.02. The molecule has 0 saturated carbocycles. The van der Waals surface area contributed by atoms with Crippen molar-refractivity contribution in [2.45, 2.75) is 30.5 Å². The predicted molar refractivity (Wildman–Crippen MR) is 96.5 cm³/mol. The summed E-state index contributed by atoms with van der Waals surface area (Å²) < 4.78 is 0. The van der Waals surface area contributed by atoms with Crippen molar-refractivity contribution in [3.05, 3.63) is 55.8 Å². The van der Waals surface area contributed by atoms with Gasteiger partial charge in [-0.15, -0.1) is 23.1 Å². The number of rotatable bonds is 7. The van der Waals surface area contributed by atoms with Crippen molar-refractivity contribution in [3.8, 4) is 0 Å². The molecular formula is C16H16N2O5S2. The Morgan fingerprint density at radius 3 is 2.60 bits per heavy atom. The minimum absolute atomic E-state index is 0.150. The number of non-ortho nitro benzene ring substituents is 1. The van der Waals surface area contributed by atoms with Gasteiger partial charge in [-0.3, -0.25) is 14.9 Å². The van der Waals surface area contributed by atoms with Crippen LogP contribution in [-0.4, -0.2) is 27.2 Å². The van der Waals surface area contributed by atoms with Crippen LogP contribution in [-0.2, 0) is 6.54 Å². The lowest BCUT2D eigenvalue weighted by molar-refractivity contribution is -0.384. The Morgan fingerprint density at radius 2 is 2.04 bits per heavy atom. The van der Waals surface area contributed by atoms with Crippen molar-refractivity contribution in [1.29, 1.82) is 0 Å². The quantitative estimate of drug-likeness (QED) is 0.430. The molecule has 0 saturated heterocycles. The third kappa shape index (κ3) is 5.04. The number of aromatic carboxylic acids is 1. The second kappa shape index (κ2) is 8.13. The topological polar surface area (TPSA) is 110 Å². The minimum atomic E-state index is -1.02. The standard InChI is InChI=1S/C16H16N2O5S2/c1-9(2)24-13-5-3-10(18(22)23)7-12(13)15(19)17-8-11-4-6-14(25-11)16(20)21/h3-7,9H,8H2,1-2H3,(H,17,19)(H,20,21). The fraction of sp³-hybridized carbons (Fsp3) is 0.250. The SMILES string of the molecule is CC(C)Sc1ccc([N+](=O)[O-])cc1C(=O)NCc1ccc(C(=O)O)s1. The molecule has 1 amide bonds. The molecule has 1 aromatic heterocycles. The average Bonchev–Trinajstić information content (AvgIpc) is 3.01. The molecular weight excluding hydrogens is 364 g/mol. The number of carboxylic acid groups (broad SMARTS) is 1. The summed E-state index contributed by atoms with van der Waals surface area (Å²) in [6.45, 7) is 4.09. The number of carbonyl (C=O) groups excluding carboxylic acids is 1. The van der Waals surface area contributed by atoms with Gasteiger partial charge in [0.25, 0.3) is 11.6 Å². The van der Waals surface area contributed by atoms with Crippen LogP contribution in [0.1, 0.15) is 38.8 Å². The summed E-state index contributed by atoms with van der Waals surface area (Å²) in [5.41, 5.74) is 0.0884. The number of carbonyl (C=O) groups is 2. The molecule has 0 atom stereocenters. The molecule has 132 valence electrons. The second-order valence-corrected chi connectivity index (χ2v) is 8.14. The molecule has 25 heavy (non-hydrogen) atoms. The van der Waals surface area contributed by atoms with E-state index in [-0.39, 0.29) is 27.9 Å². The van der Waals surface area contributed by atoms with Gasteiger partial charge in [-0.25, -0.2) is 4.79 Å². The first-order valence-corrected chi connectivity index (χ1v) is 9.03. The monoisotopic (exact) mass is 380 g/mol. The van der Waals surface area contributed by atoms with Crippen molar-refractivity contribution in [2.24, 2.45) is 0 Å². The van der Waals surface area contributed by atoms with Crippen LogP contribution < -0.4 is 5.32 Å². The molecule has 2 rings (SSSR count). The largest absolute Gasteiger partial charge is 0.477 e. The van der Waals surface area contributed by atoms with Gasteiger partial charge in [-0.1, -0.05) is 13.8 Å². The lowest BCUT2D eigenvalue weighted by Gasteiger charge is -2.11. The van der Waals surface area contributed by atoms with Gasteiger partial charge >= 0.3 is 5.97 Å². The number of thiophene rings is 1. The summed E-state index contributed by atoms with van der Waals surface area (Å²) in [6, 6.07) is 7.32. The van der Waals surface area contributed by atoms with Crippen LogP contribution in [0.15, 0.2) is 35.2 Å².